The molecule has 1 aromatic heterocycles. The average Bonchev–Trinajstić information content (AvgIpc) is 2.62. The Morgan fingerprint density at radius 2 is 2.38 bits per heavy atom. The molecular formula is C9H9ClN2O. The molecule has 13 heavy (non-hydrogen) atoms. The van der Waals surface area contributed by atoms with Crippen LogP contribution in [0.1, 0.15) is 5.56 Å². The molecule has 1 N–H and O–H groups in total. The van der Waals surface area contributed by atoms with Crippen LogP contribution in [-0.2, 0) is 5.88 Å². The second kappa shape index (κ2) is 3.26. The molecule has 1 aromatic carbocycles. The van der Waals surface area contributed by atoms with Gasteiger partial charge in [-0.2, -0.15) is 0 Å². The van der Waals surface area contributed by atoms with E-state index in [2.05, 4.69) is 9.97 Å². The fourth-order valence-electron chi connectivity index (χ4n) is 1.30. The number of halogens is 1. The number of H-pyrrole nitrogens is 1. The fraction of sp³-hybridized carbons (Fsp3) is 0.222. The Labute approximate surface area is 80.7 Å². The molecule has 0 aliphatic heterocycles. The fourth-order valence-corrected chi connectivity index (χ4v) is 1.51. The summed E-state index contributed by atoms with van der Waals surface area (Å²) in [5, 5.41) is 0. The van der Waals surface area contributed by atoms with Gasteiger partial charge in [-0.15, -0.1) is 11.6 Å². The molecule has 0 fully saturated rings. The quantitative estimate of drug-likeness (QED) is 0.749. The number of ether oxygens (including phenoxy) is 1. The summed E-state index contributed by atoms with van der Waals surface area (Å²) < 4.78 is 5.18. The van der Waals surface area contributed by atoms with E-state index >= 15 is 0 Å². The summed E-state index contributed by atoms with van der Waals surface area (Å²) in [6.45, 7) is 0. The van der Waals surface area contributed by atoms with Gasteiger partial charge in [0, 0.05) is 11.6 Å². The number of nitrogens with zero attached hydrogens (tertiary/aromatic N) is 1. The maximum atomic E-state index is 5.76. The number of hydrogen-bond acceptors (Lipinski definition) is 2. The average molecular weight is 197 g/mol. The highest BCUT2D eigenvalue weighted by molar-refractivity contribution is 6.17. The van der Waals surface area contributed by atoms with Crippen LogP contribution in [0.25, 0.3) is 11.0 Å². The Morgan fingerprint density at radius 3 is 3.08 bits per heavy atom. The van der Waals surface area contributed by atoms with E-state index in [4.69, 9.17) is 16.3 Å². The van der Waals surface area contributed by atoms with Crippen molar-refractivity contribution in [3.63, 3.8) is 0 Å². The van der Waals surface area contributed by atoms with Crippen molar-refractivity contribution in [2.24, 2.45) is 0 Å². The van der Waals surface area contributed by atoms with Crippen molar-refractivity contribution in [1.82, 2.24) is 9.97 Å². The SMILES string of the molecule is COc1cc2nc[nH]c2cc1CCl. The van der Waals surface area contributed by atoms with Crippen LogP contribution >= 0.6 is 11.6 Å². The minimum atomic E-state index is 0.443. The molecule has 0 atom stereocenters. The van der Waals surface area contributed by atoms with Crippen LogP contribution in [0.3, 0.4) is 0 Å². The predicted molar refractivity (Wildman–Crippen MR) is 52.2 cm³/mol. The van der Waals surface area contributed by atoms with E-state index in [9.17, 15) is 0 Å². The first-order valence-electron chi connectivity index (χ1n) is 3.91. The molecule has 0 saturated carbocycles. The predicted octanol–water partition coefficient (Wildman–Crippen LogP) is 2.31. The molecule has 0 bridgehead atoms. The lowest BCUT2D eigenvalue weighted by Gasteiger charge is -2.04. The minimum absolute atomic E-state index is 0.443. The van der Waals surface area contributed by atoms with Gasteiger partial charge in [0.2, 0.25) is 0 Å². The molecule has 0 aliphatic carbocycles. The van der Waals surface area contributed by atoms with E-state index in [0.29, 0.717) is 5.88 Å². The third-order valence-electron chi connectivity index (χ3n) is 1.97. The van der Waals surface area contributed by atoms with Crippen LogP contribution in [0.15, 0.2) is 18.5 Å². The zero-order valence-corrected chi connectivity index (χ0v) is 7.93. The van der Waals surface area contributed by atoms with Gasteiger partial charge in [0.25, 0.3) is 0 Å². The lowest BCUT2D eigenvalue weighted by atomic mass is 10.2. The maximum absolute atomic E-state index is 5.76. The Morgan fingerprint density at radius 1 is 1.54 bits per heavy atom. The van der Waals surface area contributed by atoms with Crippen molar-refractivity contribution in [2.45, 2.75) is 5.88 Å². The number of fused-ring (bicyclic) bond motifs is 1. The van der Waals surface area contributed by atoms with Gasteiger partial charge in [0.15, 0.2) is 0 Å². The highest BCUT2D eigenvalue weighted by atomic mass is 35.5. The number of rotatable bonds is 2. The zero-order chi connectivity index (χ0) is 9.26. The van der Waals surface area contributed by atoms with Gasteiger partial charge in [0.1, 0.15) is 5.75 Å². The first kappa shape index (κ1) is 8.38. The van der Waals surface area contributed by atoms with Crippen LogP contribution in [-0.4, -0.2) is 17.1 Å². The standard InChI is InChI=1S/C9H9ClN2O/c1-13-9-3-8-7(11-5-12-8)2-6(9)4-10/h2-3,5H,4H2,1H3,(H,11,12). The first-order chi connectivity index (χ1) is 6.35. The topological polar surface area (TPSA) is 37.9 Å². The number of nitrogens with one attached hydrogen (secondary N) is 1. The Bertz CT molecular complexity index is 386. The van der Waals surface area contributed by atoms with Gasteiger partial charge in [-0.3, -0.25) is 0 Å². The molecular weight excluding hydrogens is 188 g/mol. The van der Waals surface area contributed by atoms with Gasteiger partial charge >= 0.3 is 0 Å². The second-order valence-corrected chi connectivity index (χ2v) is 2.98. The second-order valence-electron chi connectivity index (χ2n) is 2.72. The van der Waals surface area contributed by atoms with Crippen molar-refractivity contribution in [3.8, 4) is 5.75 Å². The van der Waals surface area contributed by atoms with E-state index in [-0.39, 0.29) is 0 Å². The van der Waals surface area contributed by atoms with Crippen LogP contribution in [0.2, 0.25) is 0 Å². The summed E-state index contributed by atoms with van der Waals surface area (Å²) in [4.78, 5) is 7.14. The lowest BCUT2D eigenvalue weighted by Crippen LogP contribution is -1.89. The number of benzene rings is 1. The van der Waals surface area contributed by atoms with Crippen molar-refractivity contribution < 1.29 is 4.74 Å². The molecule has 3 nitrogen and oxygen atoms in total. The number of alkyl halides is 1. The smallest absolute Gasteiger partial charge is 0.125 e. The number of imidazole rings is 1. The first-order valence-corrected chi connectivity index (χ1v) is 4.44. The Kier molecular flexibility index (Phi) is 2.10. The summed E-state index contributed by atoms with van der Waals surface area (Å²) in [5.74, 6) is 1.23. The summed E-state index contributed by atoms with van der Waals surface area (Å²) in [7, 11) is 1.63. The molecule has 0 amide bonds. The van der Waals surface area contributed by atoms with Gasteiger partial charge in [0.05, 0.1) is 30.4 Å². The lowest BCUT2D eigenvalue weighted by molar-refractivity contribution is 0.412. The molecule has 0 spiro atoms. The van der Waals surface area contributed by atoms with E-state index < -0.39 is 0 Å². The molecule has 68 valence electrons. The van der Waals surface area contributed by atoms with Crippen molar-refractivity contribution in [3.05, 3.63) is 24.0 Å². The zero-order valence-electron chi connectivity index (χ0n) is 7.17. The molecule has 0 unspecified atom stereocenters. The van der Waals surface area contributed by atoms with Gasteiger partial charge in [-0.1, -0.05) is 0 Å². The summed E-state index contributed by atoms with van der Waals surface area (Å²) in [6, 6.07) is 3.83. The Balaban J connectivity index is 2.67. The molecule has 4 heteroatoms. The van der Waals surface area contributed by atoms with Crippen molar-refractivity contribution >= 4 is 22.6 Å². The van der Waals surface area contributed by atoms with Gasteiger partial charge in [-0.25, -0.2) is 4.98 Å². The van der Waals surface area contributed by atoms with E-state index in [0.717, 1.165) is 22.3 Å². The van der Waals surface area contributed by atoms with Gasteiger partial charge in [-0.05, 0) is 6.07 Å². The van der Waals surface area contributed by atoms with Crippen molar-refractivity contribution in [2.75, 3.05) is 7.11 Å². The molecule has 0 saturated heterocycles. The van der Waals surface area contributed by atoms with Crippen LogP contribution in [0.4, 0.5) is 0 Å². The van der Waals surface area contributed by atoms with Crippen LogP contribution in [0.5, 0.6) is 5.75 Å². The third kappa shape index (κ3) is 1.35. The largest absolute Gasteiger partial charge is 0.496 e. The molecule has 0 aliphatic rings. The van der Waals surface area contributed by atoms with E-state index in [1.165, 1.54) is 0 Å². The number of aromatic nitrogens is 2. The Hall–Kier alpha value is -1.22. The third-order valence-corrected chi connectivity index (χ3v) is 2.25. The highest BCUT2D eigenvalue weighted by Gasteiger charge is 2.05. The van der Waals surface area contributed by atoms with Crippen LogP contribution < -0.4 is 4.74 Å². The summed E-state index contributed by atoms with van der Waals surface area (Å²) >= 11 is 5.76. The monoisotopic (exact) mass is 196 g/mol. The van der Waals surface area contributed by atoms with Gasteiger partial charge < -0.3 is 9.72 Å². The number of hydrogen-bond donors (Lipinski definition) is 1. The molecule has 2 rings (SSSR count). The normalized spacial score (nSPS) is 10.6. The van der Waals surface area contributed by atoms with E-state index in [1.807, 2.05) is 12.1 Å². The van der Waals surface area contributed by atoms with Crippen LogP contribution in [0, 0.1) is 0 Å². The maximum Gasteiger partial charge on any atom is 0.125 e. The summed E-state index contributed by atoms with van der Waals surface area (Å²) in [6.07, 6.45) is 1.65. The van der Waals surface area contributed by atoms with Crippen molar-refractivity contribution in [1.29, 1.82) is 0 Å². The number of aromatic amines is 1. The molecule has 2 aromatic rings. The summed E-state index contributed by atoms with van der Waals surface area (Å²) in [5.41, 5.74) is 2.85. The highest BCUT2D eigenvalue weighted by Crippen LogP contribution is 2.24. The molecule has 0 radical (unpaired) electrons. The minimum Gasteiger partial charge on any atom is -0.496 e. The molecule has 1 heterocycles. The van der Waals surface area contributed by atoms with E-state index in [1.54, 1.807) is 13.4 Å². The number of methoxy groups -OCH3 is 1.